The van der Waals surface area contributed by atoms with Crippen molar-refractivity contribution in [3.8, 4) is 0 Å². The van der Waals surface area contributed by atoms with Gasteiger partial charge in [0.2, 0.25) is 0 Å². The van der Waals surface area contributed by atoms with Crippen molar-refractivity contribution < 1.29 is 15.0 Å². The lowest BCUT2D eigenvalue weighted by Gasteiger charge is -2.11. The fraction of sp³-hybridized carbons (Fsp3) is 0.385. The first-order valence-corrected chi connectivity index (χ1v) is 5.91. The first-order valence-electron chi connectivity index (χ1n) is 5.91. The molecule has 2 N–H and O–H groups in total. The number of fused-ring (bicyclic) bond motifs is 1. The van der Waals surface area contributed by atoms with Gasteiger partial charge in [-0.2, -0.15) is 0 Å². The van der Waals surface area contributed by atoms with Crippen LogP contribution in [0.15, 0.2) is 24.5 Å². The Hall–Kier alpha value is -1.88. The van der Waals surface area contributed by atoms with E-state index in [1.54, 1.807) is 24.5 Å². The van der Waals surface area contributed by atoms with Gasteiger partial charge in [0.15, 0.2) is 0 Å². The summed E-state index contributed by atoms with van der Waals surface area (Å²) in [6, 6.07) is 4.90. The van der Waals surface area contributed by atoms with Gasteiger partial charge in [-0.05, 0) is 30.5 Å². The molecule has 0 aliphatic heterocycles. The minimum absolute atomic E-state index is 0.161. The molecule has 18 heavy (non-hydrogen) atoms. The molecule has 0 radical (unpaired) electrons. The highest BCUT2D eigenvalue weighted by atomic mass is 16.4. The van der Waals surface area contributed by atoms with Crippen LogP contribution in [0.1, 0.15) is 23.7 Å². The molecular weight excluding hydrogens is 232 g/mol. The summed E-state index contributed by atoms with van der Waals surface area (Å²) in [5, 5.41) is 17.9. The second kappa shape index (κ2) is 5.18. The van der Waals surface area contributed by atoms with Gasteiger partial charge in [-0.25, -0.2) is 9.78 Å². The Labute approximate surface area is 105 Å². The SMILES string of the molecule is CC(CCO)Cn1cnc2ccc(C(=O)O)cc21. The van der Waals surface area contributed by atoms with Gasteiger partial charge in [0.1, 0.15) is 0 Å². The molecule has 0 spiro atoms. The monoisotopic (exact) mass is 248 g/mol. The first-order chi connectivity index (χ1) is 8.61. The standard InChI is InChI=1S/C13H16N2O3/c1-9(4-5-16)7-15-8-14-11-3-2-10(13(17)18)6-12(11)15/h2-3,6,8-9,16H,4-5,7H2,1H3,(H,17,18). The summed E-state index contributed by atoms with van der Waals surface area (Å²) in [6.45, 7) is 2.93. The molecule has 1 aromatic heterocycles. The van der Waals surface area contributed by atoms with E-state index in [2.05, 4.69) is 4.98 Å². The van der Waals surface area contributed by atoms with Gasteiger partial charge in [-0.1, -0.05) is 6.92 Å². The van der Waals surface area contributed by atoms with Crippen molar-refractivity contribution in [1.29, 1.82) is 0 Å². The third-order valence-electron chi connectivity index (χ3n) is 3.00. The summed E-state index contributed by atoms with van der Waals surface area (Å²) in [7, 11) is 0. The summed E-state index contributed by atoms with van der Waals surface area (Å²) in [4.78, 5) is 15.2. The number of aliphatic hydroxyl groups is 1. The summed E-state index contributed by atoms with van der Waals surface area (Å²) in [5.74, 6) is -0.617. The van der Waals surface area contributed by atoms with E-state index in [4.69, 9.17) is 10.2 Å². The zero-order valence-corrected chi connectivity index (χ0v) is 10.2. The molecule has 0 bridgehead atoms. The number of nitrogens with zero attached hydrogens (tertiary/aromatic N) is 2. The number of carbonyl (C=O) groups is 1. The third kappa shape index (κ3) is 2.51. The number of benzene rings is 1. The van der Waals surface area contributed by atoms with E-state index >= 15 is 0 Å². The van der Waals surface area contributed by atoms with E-state index in [1.807, 2.05) is 11.5 Å². The maximum absolute atomic E-state index is 10.9. The average Bonchev–Trinajstić information content (AvgIpc) is 2.72. The fourth-order valence-corrected chi connectivity index (χ4v) is 1.98. The van der Waals surface area contributed by atoms with Crippen molar-refractivity contribution in [1.82, 2.24) is 9.55 Å². The van der Waals surface area contributed by atoms with Crippen LogP contribution < -0.4 is 0 Å². The molecule has 1 atom stereocenters. The molecule has 1 unspecified atom stereocenters. The smallest absolute Gasteiger partial charge is 0.335 e. The Morgan fingerprint density at radius 2 is 2.28 bits per heavy atom. The van der Waals surface area contributed by atoms with Crippen molar-refractivity contribution in [3.05, 3.63) is 30.1 Å². The quantitative estimate of drug-likeness (QED) is 0.845. The van der Waals surface area contributed by atoms with E-state index in [0.717, 1.165) is 24.0 Å². The Bertz CT molecular complexity index is 562. The van der Waals surface area contributed by atoms with Gasteiger partial charge in [0, 0.05) is 13.2 Å². The summed E-state index contributed by atoms with van der Waals surface area (Å²) < 4.78 is 1.93. The maximum Gasteiger partial charge on any atom is 0.335 e. The lowest BCUT2D eigenvalue weighted by molar-refractivity contribution is 0.0697. The summed E-state index contributed by atoms with van der Waals surface area (Å²) in [5.41, 5.74) is 1.87. The Morgan fingerprint density at radius 1 is 1.50 bits per heavy atom. The van der Waals surface area contributed by atoms with Gasteiger partial charge >= 0.3 is 5.97 Å². The van der Waals surface area contributed by atoms with Crippen LogP contribution in [0.2, 0.25) is 0 Å². The normalized spacial score (nSPS) is 12.8. The van der Waals surface area contributed by atoms with Crippen LogP contribution in [0.4, 0.5) is 0 Å². The lowest BCUT2D eigenvalue weighted by Crippen LogP contribution is -2.08. The summed E-state index contributed by atoms with van der Waals surface area (Å²) >= 11 is 0. The van der Waals surface area contributed by atoms with Crippen LogP contribution in [0.3, 0.4) is 0 Å². The number of aromatic nitrogens is 2. The molecule has 0 saturated carbocycles. The number of carboxylic acids is 1. The van der Waals surface area contributed by atoms with Crippen molar-refractivity contribution in [2.45, 2.75) is 19.9 Å². The van der Waals surface area contributed by atoms with Crippen LogP contribution in [0.25, 0.3) is 11.0 Å². The van der Waals surface area contributed by atoms with E-state index in [-0.39, 0.29) is 12.2 Å². The van der Waals surface area contributed by atoms with E-state index in [0.29, 0.717) is 5.92 Å². The largest absolute Gasteiger partial charge is 0.478 e. The predicted octanol–water partition coefficient (Wildman–Crippen LogP) is 1.75. The molecule has 5 nitrogen and oxygen atoms in total. The van der Waals surface area contributed by atoms with Crippen LogP contribution in [0.5, 0.6) is 0 Å². The molecule has 0 amide bonds. The zero-order chi connectivity index (χ0) is 13.1. The number of carboxylic acid groups (broad SMARTS) is 1. The molecule has 0 saturated heterocycles. The second-order valence-corrected chi connectivity index (χ2v) is 4.52. The Kier molecular flexibility index (Phi) is 3.62. The molecule has 0 aliphatic rings. The fourth-order valence-electron chi connectivity index (χ4n) is 1.98. The number of hydrogen-bond donors (Lipinski definition) is 2. The molecular formula is C13H16N2O3. The molecule has 1 heterocycles. The molecule has 2 aromatic rings. The van der Waals surface area contributed by atoms with Crippen LogP contribution >= 0.6 is 0 Å². The molecule has 5 heteroatoms. The first kappa shape index (κ1) is 12.6. The van der Waals surface area contributed by atoms with E-state index in [1.165, 1.54) is 0 Å². The van der Waals surface area contributed by atoms with Crippen LogP contribution in [-0.4, -0.2) is 32.3 Å². The van der Waals surface area contributed by atoms with Crippen LogP contribution in [-0.2, 0) is 6.54 Å². The molecule has 0 fully saturated rings. The Morgan fingerprint density at radius 3 is 2.94 bits per heavy atom. The van der Waals surface area contributed by atoms with E-state index < -0.39 is 5.97 Å². The second-order valence-electron chi connectivity index (χ2n) is 4.52. The number of imidazole rings is 1. The lowest BCUT2D eigenvalue weighted by atomic mass is 10.1. The molecule has 96 valence electrons. The van der Waals surface area contributed by atoms with Gasteiger partial charge in [-0.3, -0.25) is 0 Å². The average molecular weight is 248 g/mol. The number of aliphatic hydroxyl groups excluding tert-OH is 1. The maximum atomic E-state index is 10.9. The highest BCUT2D eigenvalue weighted by Gasteiger charge is 2.10. The molecule has 1 aromatic carbocycles. The summed E-state index contributed by atoms with van der Waals surface area (Å²) in [6.07, 6.45) is 2.43. The molecule has 0 aliphatic carbocycles. The van der Waals surface area contributed by atoms with Crippen molar-refractivity contribution in [2.75, 3.05) is 6.61 Å². The minimum atomic E-state index is -0.937. The van der Waals surface area contributed by atoms with Crippen LogP contribution in [0, 0.1) is 5.92 Å². The zero-order valence-electron chi connectivity index (χ0n) is 10.2. The number of hydrogen-bond acceptors (Lipinski definition) is 3. The highest BCUT2D eigenvalue weighted by Crippen LogP contribution is 2.17. The topological polar surface area (TPSA) is 75.3 Å². The van der Waals surface area contributed by atoms with Gasteiger partial charge < -0.3 is 14.8 Å². The van der Waals surface area contributed by atoms with Crippen molar-refractivity contribution in [2.24, 2.45) is 5.92 Å². The third-order valence-corrected chi connectivity index (χ3v) is 3.00. The highest BCUT2D eigenvalue weighted by molar-refractivity contribution is 5.92. The number of aromatic carboxylic acids is 1. The molecule has 2 rings (SSSR count). The Balaban J connectivity index is 2.33. The van der Waals surface area contributed by atoms with Gasteiger partial charge in [-0.15, -0.1) is 0 Å². The van der Waals surface area contributed by atoms with Gasteiger partial charge in [0.05, 0.1) is 22.9 Å². The minimum Gasteiger partial charge on any atom is -0.478 e. The van der Waals surface area contributed by atoms with E-state index in [9.17, 15) is 4.79 Å². The number of rotatable bonds is 5. The van der Waals surface area contributed by atoms with Gasteiger partial charge in [0.25, 0.3) is 0 Å². The predicted molar refractivity (Wildman–Crippen MR) is 67.6 cm³/mol. The van der Waals surface area contributed by atoms with Crippen molar-refractivity contribution in [3.63, 3.8) is 0 Å². The van der Waals surface area contributed by atoms with Crippen molar-refractivity contribution >= 4 is 17.0 Å².